The van der Waals surface area contributed by atoms with Gasteiger partial charge in [-0.2, -0.15) is 17.5 Å². The lowest BCUT2D eigenvalue weighted by atomic mass is 9.73. The summed E-state index contributed by atoms with van der Waals surface area (Å²) in [5.74, 6) is 0. The van der Waals surface area contributed by atoms with Gasteiger partial charge in [-0.15, -0.1) is 0 Å². The molecule has 6 nitrogen and oxygen atoms in total. The molecule has 10 heteroatoms. The number of alkyl halides is 3. The van der Waals surface area contributed by atoms with E-state index in [1.54, 1.807) is 0 Å². The number of halogens is 3. The highest BCUT2D eigenvalue weighted by Gasteiger charge is 2.56. The molecule has 0 N–H and O–H groups in total. The van der Waals surface area contributed by atoms with Crippen molar-refractivity contribution in [2.75, 3.05) is 39.4 Å². The molecule has 4 rings (SSSR count). The maximum absolute atomic E-state index is 12.8. The van der Waals surface area contributed by atoms with Gasteiger partial charge in [0, 0.05) is 44.2 Å². The standard InChI is InChI=1S/C17H22F3N3O3S/c1-12-14(4-5-15(21-12)17(18,19)20)27(24,25)23-10-16(11-23)8-22(9-16)13-3-2-6-26-7-13/h4-5,13H,2-3,6-11H2,1H3. The monoisotopic (exact) mass is 405 g/mol. The van der Waals surface area contributed by atoms with Crippen molar-refractivity contribution in [3.05, 3.63) is 23.5 Å². The van der Waals surface area contributed by atoms with E-state index in [0.29, 0.717) is 19.1 Å². The molecule has 4 heterocycles. The van der Waals surface area contributed by atoms with E-state index in [1.165, 1.54) is 11.2 Å². The summed E-state index contributed by atoms with van der Waals surface area (Å²) in [6.07, 6.45) is -2.44. The lowest BCUT2D eigenvalue weighted by Gasteiger charge is -2.61. The van der Waals surface area contributed by atoms with Crippen LogP contribution in [0.2, 0.25) is 0 Å². The van der Waals surface area contributed by atoms with Gasteiger partial charge in [0.1, 0.15) is 10.6 Å². The zero-order valence-corrected chi connectivity index (χ0v) is 15.8. The minimum Gasteiger partial charge on any atom is -0.380 e. The van der Waals surface area contributed by atoms with E-state index in [2.05, 4.69) is 9.88 Å². The number of aromatic nitrogens is 1. The second-order valence-corrected chi connectivity index (χ2v) is 9.73. The van der Waals surface area contributed by atoms with Crippen molar-refractivity contribution < 1.29 is 26.3 Å². The van der Waals surface area contributed by atoms with Gasteiger partial charge >= 0.3 is 6.18 Å². The first-order valence-corrected chi connectivity index (χ1v) is 10.4. The summed E-state index contributed by atoms with van der Waals surface area (Å²) in [7, 11) is -3.82. The fraction of sp³-hybridized carbons (Fsp3) is 0.706. The molecule has 3 aliphatic heterocycles. The number of rotatable bonds is 3. The topological polar surface area (TPSA) is 62.7 Å². The lowest BCUT2D eigenvalue weighted by Crippen LogP contribution is -2.74. The quantitative estimate of drug-likeness (QED) is 0.769. The number of ether oxygens (including phenoxy) is 1. The van der Waals surface area contributed by atoms with Gasteiger partial charge in [-0.3, -0.25) is 4.90 Å². The first kappa shape index (κ1) is 19.1. The maximum Gasteiger partial charge on any atom is 0.433 e. The number of aryl methyl sites for hydroxylation is 1. The number of sulfonamides is 1. The fourth-order valence-corrected chi connectivity index (χ4v) is 6.10. The zero-order valence-electron chi connectivity index (χ0n) is 15.0. The minimum absolute atomic E-state index is 0.0300. The van der Waals surface area contributed by atoms with Crippen LogP contribution >= 0.6 is 0 Å². The fourth-order valence-electron chi connectivity index (χ4n) is 4.27. The summed E-state index contributed by atoms with van der Waals surface area (Å²) < 4.78 is 70.6. The van der Waals surface area contributed by atoms with Crippen LogP contribution in [0.4, 0.5) is 13.2 Å². The van der Waals surface area contributed by atoms with Crippen LogP contribution in [-0.4, -0.2) is 68.0 Å². The third-order valence-electron chi connectivity index (χ3n) is 5.70. The van der Waals surface area contributed by atoms with Crippen molar-refractivity contribution in [2.45, 2.75) is 36.9 Å². The molecule has 1 spiro atoms. The van der Waals surface area contributed by atoms with Gasteiger partial charge in [-0.1, -0.05) is 0 Å². The molecule has 0 aliphatic carbocycles. The van der Waals surface area contributed by atoms with Crippen LogP contribution in [-0.2, 0) is 20.9 Å². The highest BCUT2D eigenvalue weighted by Crippen LogP contribution is 2.44. The summed E-state index contributed by atoms with van der Waals surface area (Å²) in [5.41, 5.74) is -1.23. The second kappa shape index (κ2) is 6.40. The number of hydrogen-bond donors (Lipinski definition) is 0. The summed E-state index contributed by atoms with van der Waals surface area (Å²) in [5, 5.41) is 0. The molecule has 3 saturated heterocycles. The van der Waals surface area contributed by atoms with Gasteiger partial charge in [-0.05, 0) is 31.9 Å². The van der Waals surface area contributed by atoms with E-state index in [0.717, 1.165) is 51.3 Å². The summed E-state index contributed by atoms with van der Waals surface area (Å²) in [6, 6.07) is 2.15. The Morgan fingerprint density at radius 2 is 1.93 bits per heavy atom. The Morgan fingerprint density at radius 1 is 1.22 bits per heavy atom. The Morgan fingerprint density at radius 3 is 2.48 bits per heavy atom. The van der Waals surface area contributed by atoms with Gasteiger partial charge < -0.3 is 4.74 Å². The van der Waals surface area contributed by atoms with Gasteiger partial charge in [-0.25, -0.2) is 13.4 Å². The average Bonchev–Trinajstić information content (AvgIpc) is 2.52. The van der Waals surface area contributed by atoms with E-state index >= 15 is 0 Å². The highest BCUT2D eigenvalue weighted by atomic mass is 32.2. The van der Waals surface area contributed by atoms with Crippen LogP contribution in [0.15, 0.2) is 17.0 Å². The Balaban J connectivity index is 1.40. The van der Waals surface area contributed by atoms with E-state index < -0.39 is 21.9 Å². The molecule has 150 valence electrons. The number of hydrogen-bond acceptors (Lipinski definition) is 5. The van der Waals surface area contributed by atoms with E-state index in [9.17, 15) is 21.6 Å². The average molecular weight is 405 g/mol. The summed E-state index contributed by atoms with van der Waals surface area (Å²) in [4.78, 5) is 5.63. The van der Waals surface area contributed by atoms with Gasteiger partial charge in [0.2, 0.25) is 10.0 Å². The largest absolute Gasteiger partial charge is 0.433 e. The Labute approximate surface area is 156 Å². The number of likely N-dealkylation sites (tertiary alicyclic amines) is 1. The van der Waals surface area contributed by atoms with Crippen LogP contribution in [0.5, 0.6) is 0 Å². The number of pyridine rings is 1. The predicted octanol–water partition coefficient (Wildman–Crippen LogP) is 1.89. The van der Waals surface area contributed by atoms with E-state index in [-0.39, 0.29) is 16.0 Å². The van der Waals surface area contributed by atoms with E-state index in [1.807, 2.05) is 0 Å². The second-order valence-electron chi connectivity index (χ2n) is 7.83. The Kier molecular flexibility index (Phi) is 4.53. The molecule has 0 bridgehead atoms. The third-order valence-corrected chi connectivity index (χ3v) is 7.62. The molecule has 27 heavy (non-hydrogen) atoms. The molecule has 1 unspecified atom stereocenters. The molecule has 3 fully saturated rings. The van der Waals surface area contributed by atoms with Gasteiger partial charge in [0.05, 0.1) is 12.3 Å². The summed E-state index contributed by atoms with van der Waals surface area (Å²) in [6.45, 7) is 5.33. The maximum atomic E-state index is 12.8. The SMILES string of the molecule is Cc1nc(C(F)(F)F)ccc1S(=O)(=O)N1CC2(CN(C3CCCOC3)C2)C1. The molecule has 0 radical (unpaired) electrons. The smallest absolute Gasteiger partial charge is 0.380 e. The highest BCUT2D eigenvalue weighted by molar-refractivity contribution is 7.89. The minimum atomic E-state index is -4.59. The first-order valence-electron chi connectivity index (χ1n) is 8.98. The molecular formula is C17H22F3N3O3S. The molecular weight excluding hydrogens is 383 g/mol. The Hall–Kier alpha value is -1.23. The molecule has 1 aromatic rings. The lowest BCUT2D eigenvalue weighted by molar-refractivity contribution is -0.141. The summed E-state index contributed by atoms with van der Waals surface area (Å²) >= 11 is 0. The molecule has 3 aliphatic rings. The molecule has 1 aromatic heterocycles. The zero-order chi connectivity index (χ0) is 19.4. The van der Waals surface area contributed by atoms with Crippen LogP contribution < -0.4 is 0 Å². The van der Waals surface area contributed by atoms with Crippen molar-refractivity contribution in [1.82, 2.24) is 14.2 Å². The van der Waals surface area contributed by atoms with Crippen molar-refractivity contribution in [3.8, 4) is 0 Å². The van der Waals surface area contributed by atoms with E-state index in [4.69, 9.17) is 4.74 Å². The normalized spacial score (nSPS) is 26.6. The van der Waals surface area contributed by atoms with Crippen molar-refractivity contribution >= 4 is 10.0 Å². The van der Waals surface area contributed by atoms with Gasteiger partial charge in [0.25, 0.3) is 0 Å². The number of nitrogens with zero attached hydrogens (tertiary/aromatic N) is 3. The van der Waals surface area contributed by atoms with Crippen LogP contribution in [0, 0.1) is 12.3 Å². The van der Waals surface area contributed by atoms with Crippen LogP contribution in [0.1, 0.15) is 24.2 Å². The predicted molar refractivity (Wildman–Crippen MR) is 90.6 cm³/mol. The van der Waals surface area contributed by atoms with Crippen LogP contribution in [0.25, 0.3) is 0 Å². The molecule has 0 aromatic carbocycles. The third kappa shape index (κ3) is 3.37. The Bertz CT molecular complexity index is 824. The van der Waals surface area contributed by atoms with Crippen LogP contribution in [0.3, 0.4) is 0 Å². The van der Waals surface area contributed by atoms with Crippen molar-refractivity contribution in [1.29, 1.82) is 0 Å². The molecule has 1 atom stereocenters. The van der Waals surface area contributed by atoms with Crippen molar-refractivity contribution in [3.63, 3.8) is 0 Å². The molecule has 0 amide bonds. The molecule has 0 saturated carbocycles. The van der Waals surface area contributed by atoms with Gasteiger partial charge in [0.15, 0.2) is 0 Å². The van der Waals surface area contributed by atoms with Crippen molar-refractivity contribution in [2.24, 2.45) is 5.41 Å². The first-order chi connectivity index (χ1) is 12.6.